The topological polar surface area (TPSA) is 149 Å². The first kappa shape index (κ1) is 52.7. The number of hydrogen-bond acceptors (Lipinski definition) is 9. The zero-order valence-corrected chi connectivity index (χ0v) is 35.1. The second-order valence-electron chi connectivity index (χ2n) is 14.1. The van der Waals surface area contributed by atoms with Gasteiger partial charge in [-0.25, -0.2) is 4.57 Å². The highest BCUT2D eigenvalue weighted by Gasteiger charge is 2.27. The number of allylic oxidation sites excluding steroid dienone is 9. The van der Waals surface area contributed by atoms with Crippen LogP contribution in [-0.4, -0.2) is 65.7 Å². The second-order valence-corrected chi connectivity index (χ2v) is 15.5. The number of esters is 2. The molecule has 0 aromatic carbocycles. The lowest BCUT2D eigenvalue weighted by Gasteiger charge is -2.20. The highest BCUT2D eigenvalue weighted by molar-refractivity contribution is 7.47. The summed E-state index contributed by atoms with van der Waals surface area (Å²) in [6, 6.07) is 0. The number of carbonyl (C=O) groups excluding carboxylic acids is 2. The summed E-state index contributed by atoms with van der Waals surface area (Å²) < 4.78 is 32.6. The van der Waals surface area contributed by atoms with Crippen molar-refractivity contribution in [2.75, 3.05) is 26.4 Å². The quantitative estimate of drug-likeness (QED) is 0.0237. The average Bonchev–Trinajstić information content (AvgIpc) is 3.17. The molecular weight excluding hydrogens is 719 g/mol. The van der Waals surface area contributed by atoms with E-state index < -0.39 is 51.8 Å². The molecule has 1 unspecified atom stereocenters. The fourth-order valence-corrected chi connectivity index (χ4v) is 6.28. The number of carbonyl (C=O) groups is 2. The van der Waals surface area contributed by atoms with Crippen molar-refractivity contribution in [3.05, 3.63) is 61.3 Å². The lowest BCUT2D eigenvalue weighted by atomic mass is 10.0. The Labute approximate surface area is 334 Å². The van der Waals surface area contributed by atoms with Crippen LogP contribution in [0.1, 0.15) is 167 Å². The number of phosphoric acid groups is 1. The number of rotatable bonds is 40. The third-order valence-electron chi connectivity index (χ3n) is 8.79. The van der Waals surface area contributed by atoms with E-state index in [0.29, 0.717) is 19.3 Å². The van der Waals surface area contributed by atoms with Gasteiger partial charge >= 0.3 is 19.8 Å². The van der Waals surface area contributed by atoms with Gasteiger partial charge in [0, 0.05) is 12.8 Å². The molecule has 10 nitrogen and oxygen atoms in total. The molecule has 0 aromatic heterocycles. The molecule has 0 amide bonds. The van der Waals surface area contributed by atoms with Crippen LogP contribution in [0.2, 0.25) is 0 Å². The minimum atomic E-state index is -4.63. The molecule has 0 aliphatic heterocycles. The van der Waals surface area contributed by atoms with Gasteiger partial charge in [-0.15, -0.1) is 6.58 Å². The molecule has 0 aliphatic carbocycles. The second kappa shape index (κ2) is 39.9. The Morgan fingerprint density at radius 3 is 1.58 bits per heavy atom. The van der Waals surface area contributed by atoms with E-state index in [2.05, 4.69) is 54.5 Å². The SMILES string of the molecule is C=CCCCCCCCCCCCCCCCC(=O)OC[C@H](COP(=O)(O)OC[C@@H](O)CO)OC(=O)CCC/C=C/C/C=C/C/C=C/C/C=C/CCCCC. The van der Waals surface area contributed by atoms with Crippen molar-refractivity contribution in [3.63, 3.8) is 0 Å². The van der Waals surface area contributed by atoms with Crippen LogP contribution in [0.3, 0.4) is 0 Å². The Bertz CT molecular complexity index is 1090. The number of unbranched alkanes of at least 4 members (excludes halogenated alkanes) is 17. The lowest BCUT2D eigenvalue weighted by molar-refractivity contribution is -0.161. The molecule has 0 heterocycles. The Balaban J connectivity index is 4.40. The maximum absolute atomic E-state index is 12.6. The lowest BCUT2D eigenvalue weighted by Crippen LogP contribution is -2.29. The normalized spacial score (nSPS) is 14.3. The maximum Gasteiger partial charge on any atom is 0.472 e. The van der Waals surface area contributed by atoms with E-state index in [0.717, 1.165) is 51.4 Å². The molecule has 0 spiro atoms. The van der Waals surface area contributed by atoms with E-state index in [-0.39, 0.29) is 19.4 Å². The Morgan fingerprint density at radius 1 is 0.600 bits per heavy atom. The Morgan fingerprint density at radius 2 is 1.05 bits per heavy atom. The minimum Gasteiger partial charge on any atom is -0.462 e. The van der Waals surface area contributed by atoms with E-state index in [1.54, 1.807) is 0 Å². The van der Waals surface area contributed by atoms with Crippen LogP contribution in [0.4, 0.5) is 0 Å². The van der Waals surface area contributed by atoms with Crippen molar-refractivity contribution in [2.24, 2.45) is 0 Å². The molecule has 0 aliphatic rings. The van der Waals surface area contributed by atoms with E-state index in [1.807, 2.05) is 18.2 Å². The van der Waals surface area contributed by atoms with E-state index in [9.17, 15) is 24.2 Å². The van der Waals surface area contributed by atoms with Crippen molar-refractivity contribution in [3.8, 4) is 0 Å². The first-order valence-corrected chi connectivity index (χ1v) is 22.7. The van der Waals surface area contributed by atoms with Crippen LogP contribution in [0.5, 0.6) is 0 Å². The third kappa shape index (κ3) is 39.7. The summed E-state index contributed by atoms with van der Waals surface area (Å²) in [5, 5.41) is 18.3. The number of hydrogen-bond donors (Lipinski definition) is 3. The molecule has 0 saturated heterocycles. The van der Waals surface area contributed by atoms with Gasteiger partial charge in [0.25, 0.3) is 0 Å². The predicted octanol–water partition coefficient (Wildman–Crippen LogP) is 11.1. The van der Waals surface area contributed by atoms with Crippen LogP contribution in [0.15, 0.2) is 61.3 Å². The van der Waals surface area contributed by atoms with Gasteiger partial charge in [0.15, 0.2) is 6.10 Å². The largest absolute Gasteiger partial charge is 0.472 e. The number of phosphoric ester groups is 1. The molecule has 3 atom stereocenters. The van der Waals surface area contributed by atoms with Gasteiger partial charge in [0.2, 0.25) is 0 Å². The first-order valence-electron chi connectivity index (χ1n) is 21.2. The molecule has 0 rings (SSSR count). The van der Waals surface area contributed by atoms with Gasteiger partial charge in [-0.2, -0.15) is 0 Å². The summed E-state index contributed by atoms with van der Waals surface area (Å²) in [6.45, 7) is 3.80. The van der Waals surface area contributed by atoms with Crippen LogP contribution < -0.4 is 0 Å². The van der Waals surface area contributed by atoms with E-state index in [4.69, 9.17) is 19.1 Å². The summed E-state index contributed by atoms with van der Waals surface area (Å²) >= 11 is 0. The van der Waals surface area contributed by atoms with Gasteiger partial charge in [-0.1, -0.05) is 145 Å². The Kier molecular flexibility index (Phi) is 38.2. The summed E-state index contributed by atoms with van der Waals surface area (Å²) in [4.78, 5) is 34.9. The standard InChI is InChI=1S/C44H77O10P/c1-3-5-7-9-11-13-15-17-19-20-22-24-26-28-30-32-34-36-44(48)54-42(40-53-55(49,50)52-38-41(46)37-45)39-51-43(47)35-33-31-29-27-25-23-21-18-16-14-12-10-8-6-4-2/h4,11,13,17,19,22,24,28,30,41-42,45-46H,2-3,5-10,12,14-16,18,20-21,23,25-27,29,31-40H2,1H3,(H,49,50)/b13-11+,19-17+,24-22+,30-28+/t41-,42+/m0/s1. The van der Waals surface area contributed by atoms with Crippen molar-refractivity contribution in [1.82, 2.24) is 0 Å². The van der Waals surface area contributed by atoms with Crippen LogP contribution >= 0.6 is 7.82 Å². The van der Waals surface area contributed by atoms with Crippen LogP contribution in [0.25, 0.3) is 0 Å². The van der Waals surface area contributed by atoms with E-state index >= 15 is 0 Å². The monoisotopic (exact) mass is 797 g/mol. The molecule has 55 heavy (non-hydrogen) atoms. The third-order valence-corrected chi connectivity index (χ3v) is 9.74. The fraction of sp³-hybridized carbons (Fsp3) is 0.727. The molecule has 318 valence electrons. The van der Waals surface area contributed by atoms with Crippen LogP contribution in [-0.2, 0) is 32.7 Å². The average molecular weight is 797 g/mol. The zero-order valence-electron chi connectivity index (χ0n) is 34.2. The van der Waals surface area contributed by atoms with Crippen molar-refractivity contribution in [2.45, 2.75) is 180 Å². The van der Waals surface area contributed by atoms with Crippen molar-refractivity contribution < 1.29 is 47.8 Å². The summed E-state index contributed by atoms with van der Waals surface area (Å²) in [5.41, 5.74) is 0. The van der Waals surface area contributed by atoms with Gasteiger partial charge in [0.1, 0.15) is 12.7 Å². The minimum absolute atomic E-state index is 0.106. The number of aliphatic hydroxyl groups excluding tert-OH is 2. The molecule has 0 bridgehead atoms. The molecule has 0 aromatic rings. The summed E-state index contributed by atoms with van der Waals surface area (Å²) in [5.74, 6) is -0.996. The van der Waals surface area contributed by atoms with E-state index in [1.165, 1.54) is 77.0 Å². The van der Waals surface area contributed by atoms with Crippen molar-refractivity contribution >= 4 is 19.8 Å². The smallest absolute Gasteiger partial charge is 0.462 e. The molecule has 0 saturated carbocycles. The fourth-order valence-electron chi connectivity index (χ4n) is 5.49. The van der Waals surface area contributed by atoms with Gasteiger partial charge in [-0.05, 0) is 64.2 Å². The summed E-state index contributed by atoms with van der Waals surface area (Å²) in [6.07, 6.45) is 42.3. The van der Waals surface area contributed by atoms with Gasteiger partial charge in [-0.3, -0.25) is 18.6 Å². The van der Waals surface area contributed by atoms with Crippen molar-refractivity contribution in [1.29, 1.82) is 0 Å². The molecule has 0 radical (unpaired) electrons. The highest BCUT2D eigenvalue weighted by Crippen LogP contribution is 2.43. The van der Waals surface area contributed by atoms with Gasteiger partial charge < -0.3 is 24.6 Å². The highest BCUT2D eigenvalue weighted by atomic mass is 31.2. The number of aliphatic hydroxyl groups is 2. The number of ether oxygens (including phenoxy) is 2. The summed E-state index contributed by atoms with van der Waals surface area (Å²) in [7, 11) is -4.63. The molecule has 11 heteroatoms. The predicted molar refractivity (Wildman–Crippen MR) is 224 cm³/mol. The first-order chi connectivity index (χ1) is 26.7. The van der Waals surface area contributed by atoms with Crippen LogP contribution in [0, 0.1) is 0 Å². The molecule has 3 N–H and O–H groups in total. The maximum atomic E-state index is 12.6. The Hall–Kier alpha value is -2.33. The zero-order chi connectivity index (χ0) is 40.5. The molecule has 0 fully saturated rings. The van der Waals surface area contributed by atoms with Gasteiger partial charge in [0.05, 0.1) is 19.8 Å². The molecular formula is C44H77O10P.